The first kappa shape index (κ1) is 13.2. The molecule has 0 fully saturated rings. The Kier molecular flexibility index (Phi) is 6.11. The topological polar surface area (TPSA) is 50.1 Å². The zero-order valence-electron chi connectivity index (χ0n) is 9.83. The van der Waals surface area contributed by atoms with E-state index in [-0.39, 0.29) is 0 Å². The third-order valence-corrected chi connectivity index (χ3v) is 3.11. The average molecular weight is 239 g/mol. The first-order chi connectivity index (χ1) is 7.80. The molecule has 0 saturated heterocycles. The molecule has 0 spiro atoms. The molecule has 0 radical (unpaired) electrons. The molecule has 1 atom stereocenters. The Labute approximate surface area is 103 Å². The Morgan fingerprint density at radius 3 is 3.12 bits per heavy atom. The van der Waals surface area contributed by atoms with Crippen molar-refractivity contribution >= 4 is 17.7 Å². The summed E-state index contributed by atoms with van der Waals surface area (Å²) >= 11 is 4.73. The summed E-state index contributed by atoms with van der Waals surface area (Å²) in [4.78, 5) is 0. The zero-order chi connectivity index (χ0) is 11.8. The van der Waals surface area contributed by atoms with Gasteiger partial charge in [0, 0.05) is 25.5 Å². The molecule has 0 aromatic heterocycles. The highest BCUT2D eigenvalue weighted by Gasteiger charge is 2.15. The molecule has 0 aromatic carbocycles. The molecule has 0 saturated carbocycles. The van der Waals surface area contributed by atoms with Crippen LogP contribution in [-0.2, 0) is 0 Å². The van der Waals surface area contributed by atoms with Gasteiger partial charge in [0.15, 0.2) is 0 Å². The van der Waals surface area contributed by atoms with E-state index in [4.69, 9.17) is 18.0 Å². The van der Waals surface area contributed by atoms with Gasteiger partial charge in [-0.1, -0.05) is 23.9 Å². The van der Waals surface area contributed by atoms with Crippen LogP contribution in [0.4, 0.5) is 0 Å². The molecule has 16 heavy (non-hydrogen) atoms. The fraction of sp³-hybridized carbons (Fsp3) is 0.583. The van der Waals surface area contributed by atoms with Crippen molar-refractivity contribution in [1.82, 2.24) is 10.6 Å². The normalized spacial score (nSPS) is 21.2. The second-order valence-corrected chi connectivity index (χ2v) is 4.36. The second kappa shape index (κ2) is 7.41. The van der Waals surface area contributed by atoms with E-state index in [0.29, 0.717) is 12.5 Å². The van der Waals surface area contributed by atoms with Gasteiger partial charge in [0.2, 0.25) is 0 Å². The lowest BCUT2D eigenvalue weighted by atomic mass is 9.86. The van der Waals surface area contributed by atoms with Crippen molar-refractivity contribution in [3.8, 4) is 0 Å². The van der Waals surface area contributed by atoms with Gasteiger partial charge in [-0.3, -0.25) is 0 Å². The van der Waals surface area contributed by atoms with Gasteiger partial charge in [-0.2, -0.15) is 0 Å². The lowest BCUT2D eigenvalue weighted by molar-refractivity contribution is 0.450. The van der Waals surface area contributed by atoms with Crippen molar-refractivity contribution in [2.24, 2.45) is 11.7 Å². The van der Waals surface area contributed by atoms with Crippen LogP contribution in [-0.4, -0.2) is 19.1 Å². The predicted molar refractivity (Wildman–Crippen MR) is 73.0 cm³/mol. The first-order valence-corrected chi connectivity index (χ1v) is 6.21. The van der Waals surface area contributed by atoms with Crippen LogP contribution in [0.2, 0.25) is 0 Å². The molecule has 0 heterocycles. The Morgan fingerprint density at radius 1 is 1.69 bits per heavy atom. The molecule has 3 nitrogen and oxygen atoms in total. The lowest BCUT2D eigenvalue weighted by Gasteiger charge is -2.23. The first-order valence-electron chi connectivity index (χ1n) is 5.74. The van der Waals surface area contributed by atoms with Gasteiger partial charge in [0.1, 0.15) is 0 Å². The maximum Gasteiger partial charge on any atom is 0.0654 e. The number of thiocarbonyl (C=S) groups is 1. The summed E-state index contributed by atoms with van der Waals surface area (Å²) in [5.74, 6) is 0.703. The average Bonchev–Trinajstić information content (AvgIpc) is 2.34. The highest BCUT2D eigenvalue weighted by Crippen LogP contribution is 2.27. The van der Waals surface area contributed by atoms with Crippen LogP contribution in [0.3, 0.4) is 0 Å². The monoisotopic (exact) mass is 239 g/mol. The van der Waals surface area contributed by atoms with Crippen LogP contribution in [0, 0.1) is 5.92 Å². The van der Waals surface area contributed by atoms with E-state index in [2.05, 4.69) is 16.7 Å². The smallest absolute Gasteiger partial charge is 0.0654 e. The van der Waals surface area contributed by atoms with Crippen LogP contribution in [0.1, 0.15) is 25.7 Å². The number of allylic oxidation sites excluding steroid dienone is 2. The van der Waals surface area contributed by atoms with Crippen molar-refractivity contribution in [2.75, 3.05) is 13.6 Å². The molecule has 0 amide bonds. The van der Waals surface area contributed by atoms with E-state index in [9.17, 15) is 0 Å². The summed E-state index contributed by atoms with van der Waals surface area (Å²) in [6.07, 6.45) is 8.83. The third-order valence-electron chi connectivity index (χ3n) is 2.98. The van der Waals surface area contributed by atoms with Crippen LogP contribution in [0.15, 0.2) is 23.5 Å². The largest absolute Gasteiger partial charge is 0.390 e. The molecule has 1 aliphatic carbocycles. The molecule has 1 unspecified atom stereocenters. The minimum atomic E-state index is 0.702. The minimum Gasteiger partial charge on any atom is -0.390 e. The quantitative estimate of drug-likeness (QED) is 0.487. The van der Waals surface area contributed by atoms with E-state index in [1.54, 1.807) is 0 Å². The van der Waals surface area contributed by atoms with Crippen LogP contribution < -0.4 is 16.4 Å². The van der Waals surface area contributed by atoms with E-state index in [1.807, 2.05) is 13.2 Å². The van der Waals surface area contributed by atoms with Gasteiger partial charge in [0.05, 0.1) is 5.49 Å². The summed E-state index contributed by atoms with van der Waals surface area (Å²) in [5.41, 5.74) is 9.79. The van der Waals surface area contributed by atoms with Crippen molar-refractivity contribution < 1.29 is 0 Å². The van der Waals surface area contributed by atoms with Gasteiger partial charge in [-0.15, -0.1) is 0 Å². The molecule has 90 valence electrons. The Hall–Kier alpha value is -0.870. The molecule has 4 heteroatoms. The van der Waals surface area contributed by atoms with Gasteiger partial charge in [0.25, 0.3) is 0 Å². The Balaban J connectivity index is 2.47. The van der Waals surface area contributed by atoms with Crippen LogP contribution >= 0.6 is 12.2 Å². The number of hydrogen-bond acceptors (Lipinski definition) is 3. The molecule has 4 N–H and O–H groups in total. The second-order valence-electron chi connectivity index (χ2n) is 4.12. The zero-order valence-corrected chi connectivity index (χ0v) is 10.6. The SMILES string of the molecule is CN/C(=C\NC=S)CC1CCC=C(CN)C1. The van der Waals surface area contributed by atoms with E-state index in [1.165, 1.54) is 23.2 Å². The summed E-state index contributed by atoms with van der Waals surface area (Å²) in [6.45, 7) is 0.702. The van der Waals surface area contributed by atoms with Crippen molar-refractivity contribution in [2.45, 2.75) is 25.7 Å². The maximum absolute atomic E-state index is 5.68. The fourth-order valence-corrected chi connectivity index (χ4v) is 2.17. The number of hydrogen-bond donors (Lipinski definition) is 3. The van der Waals surface area contributed by atoms with Crippen molar-refractivity contribution in [3.63, 3.8) is 0 Å². The summed E-state index contributed by atoms with van der Waals surface area (Å²) in [7, 11) is 1.94. The maximum atomic E-state index is 5.68. The predicted octanol–water partition coefficient (Wildman–Crippen LogP) is 1.67. The van der Waals surface area contributed by atoms with Gasteiger partial charge < -0.3 is 16.4 Å². The van der Waals surface area contributed by atoms with E-state index in [0.717, 1.165) is 19.3 Å². The van der Waals surface area contributed by atoms with Gasteiger partial charge in [-0.05, 0) is 31.6 Å². The van der Waals surface area contributed by atoms with E-state index >= 15 is 0 Å². The Bertz CT molecular complexity index is 284. The van der Waals surface area contributed by atoms with Crippen molar-refractivity contribution in [1.29, 1.82) is 0 Å². The summed E-state index contributed by atoms with van der Waals surface area (Å²) in [5, 5.41) is 6.14. The third kappa shape index (κ3) is 4.33. The molecular formula is C12H21N3S. The van der Waals surface area contributed by atoms with Crippen molar-refractivity contribution in [3.05, 3.63) is 23.5 Å². The molecule has 0 bridgehead atoms. The van der Waals surface area contributed by atoms with Crippen LogP contribution in [0.5, 0.6) is 0 Å². The standard InChI is InChI=1S/C12H21N3S/c1-14-12(8-15-9-16)6-10-3-2-4-11(5-10)7-13/h4,8-10,14H,2-3,5-7,13H2,1H3,(H,15,16)/b12-8-. The number of nitrogens with two attached hydrogens (primary N) is 1. The number of rotatable bonds is 6. The van der Waals surface area contributed by atoms with Crippen LogP contribution in [0.25, 0.3) is 0 Å². The minimum absolute atomic E-state index is 0.702. The Morgan fingerprint density at radius 2 is 2.50 bits per heavy atom. The highest BCUT2D eigenvalue weighted by atomic mass is 32.1. The van der Waals surface area contributed by atoms with Gasteiger partial charge in [-0.25, -0.2) is 0 Å². The van der Waals surface area contributed by atoms with Gasteiger partial charge >= 0.3 is 0 Å². The summed E-state index contributed by atoms with van der Waals surface area (Å²) < 4.78 is 0. The lowest BCUT2D eigenvalue weighted by Crippen LogP contribution is -2.18. The molecule has 0 aliphatic heterocycles. The molecule has 0 aromatic rings. The molecular weight excluding hydrogens is 218 g/mol. The van der Waals surface area contributed by atoms with E-state index < -0.39 is 0 Å². The number of nitrogens with one attached hydrogen (secondary N) is 2. The summed E-state index contributed by atoms with van der Waals surface area (Å²) in [6, 6.07) is 0. The molecule has 1 aliphatic rings. The fourth-order valence-electron chi connectivity index (χ4n) is 2.10. The molecule has 1 rings (SSSR count). The highest BCUT2D eigenvalue weighted by molar-refractivity contribution is 7.78.